The highest BCUT2D eigenvalue weighted by Gasteiger charge is 2.33. The van der Waals surface area contributed by atoms with E-state index in [0.29, 0.717) is 37.7 Å². The molecule has 1 atom stereocenters. The fourth-order valence-electron chi connectivity index (χ4n) is 3.78. The maximum Gasteiger partial charge on any atom is 0.338 e. The zero-order chi connectivity index (χ0) is 24.4. The molecule has 0 fully saturated rings. The Morgan fingerprint density at radius 3 is 2.44 bits per heavy atom. The summed E-state index contributed by atoms with van der Waals surface area (Å²) in [5, 5.41) is 0. The van der Waals surface area contributed by atoms with Crippen LogP contribution in [0.3, 0.4) is 0 Å². The normalized spacial score (nSPS) is 15.4. The van der Waals surface area contributed by atoms with Crippen LogP contribution in [0.5, 0.6) is 11.5 Å². The van der Waals surface area contributed by atoms with E-state index in [1.807, 2.05) is 0 Å². The van der Waals surface area contributed by atoms with Crippen LogP contribution < -0.4 is 24.4 Å². The van der Waals surface area contributed by atoms with Gasteiger partial charge in [-0.3, -0.25) is 14.2 Å². The van der Waals surface area contributed by atoms with E-state index in [2.05, 4.69) is 4.99 Å². The number of rotatable bonds is 5. The Morgan fingerprint density at radius 2 is 1.79 bits per heavy atom. The highest BCUT2D eigenvalue weighted by Crippen LogP contribution is 2.31. The Hall–Kier alpha value is -3.98. The van der Waals surface area contributed by atoms with Crippen molar-refractivity contribution in [2.24, 2.45) is 4.99 Å². The molecule has 174 valence electrons. The number of aromatic nitrogens is 1. The predicted octanol–water partition coefficient (Wildman–Crippen LogP) is 2.34. The first-order valence-electron chi connectivity index (χ1n) is 10.4. The topological polar surface area (TPSA) is 96.2 Å². The fraction of sp³-hybridized carbons (Fsp3) is 0.200. The third kappa shape index (κ3) is 4.29. The van der Waals surface area contributed by atoms with E-state index in [9.17, 15) is 14.4 Å². The maximum atomic E-state index is 13.6. The molecule has 2 heterocycles. The minimum Gasteiger partial charge on any atom is -0.497 e. The molecule has 3 aromatic rings. The maximum absolute atomic E-state index is 13.6. The number of para-hydroxylation sites is 1. The van der Waals surface area contributed by atoms with Gasteiger partial charge in [0, 0.05) is 12.5 Å². The molecular formula is C25H22N2O6S. The van der Waals surface area contributed by atoms with E-state index in [1.165, 1.54) is 29.9 Å². The summed E-state index contributed by atoms with van der Waals surface area (Å²) in [5.74, 6) is -0.0192. The van der Waals surface area contributed by atoms with Crippen LogP contribution in [0, 0.1) is 0 Å². The molecule has 0 saturated heterocycles. The van der Waals surface area contributed by atoms with E-state index in [-0.39, 0.29) is 11.1 Å². The number of hydrogen-bond donors (Lipinski definition) is 0. The second-order valence-electron chi connectivity index (χ2n) is 7.48. The number of hydrogen-bond acceptors (Lipinski definition) is 8. The molecule has 1 aliphatic rings. The summed E-state index contributed by atoms with van der Waals surface area (Å²) in [6.07, 6.45) is 1.66. The molecule has 8 nitrogen and oxygen atoms in total. The van der Waals surface area contributed by atoms with Crippen molar-refractivity contribution < 1.29 is 23.8 Å². The number of thiazole rings is 1. The number of nitrogens with zero attached hydrogens (tertiary/aromatic N) is 2. The van der Waals surface area contributed by atoms with Gasteiger partial charge in [0.1, 0.15) is 11.5 Å². The molecule has 0 saturated carbocycles. The smallest absolute Gasteiger partial charge is 0.338 e. The summed E-state index contributed by atoms with van der Waals surface area (Å²) in [4.78, 5) is 42.8. The average molecular weight is 479 g/mol. The summed E-state index contributed by atoms with van der Waals surface area (Å²) in [6, 6.07) is 13.4. The van der Waals surface area contributed by atoms with E-state index in [4.69, 9.17) is 14.2 Å². The van der Waals surface area contributed by atoms with Crippen molar-refractivity contribution in [3.63, 3.8) is 0 Å². The second-order valence-corrected chi connectivity index (χ2v) is 8.49. The molecule has 1 aromatic heterocycles. The third-order valence-corrected chi connectivity index (χ3v) is 6.30. The molecule has 0 radical (unpaired) electrons. The van der Waals surface area contributed by atoms with E-state index < -0.39 is 18.0 Å². The van der Waals surface area contributed by atoms with Gasteiger partial charge in [0.05, 0.1) is 36.1 Å². The van der Waals surface area contributed by atoms with Crippen molar-refractivity contribution in [2.45, 2.75) is 19.9 Å². The summed E-state index contributed by atoms with van der Waals surface area (Å²) in [7, 11) is 2.86. The predicted molar refractivity (Wildman–Crippen MR) is 127 cm³/mol. The van der Waals surface area contributed by atoms with Gasteiger partial charge in [-0.1, -0.05) is 41.7 Å². The lowest BCUT2D eigenvalue weighted by atomic mass is 9.96. The molecule has 0 N–H and O–H groups in total. The Labute approximate surface area is 199 Å². The van der Waals surface area contributed by atoms with Gasteiger partial charge in [0.25, 0.3) is 5.56 Å². The second kappa shape index (κ2) is 9.48. The number of ether oxygens (including phenoxy) is 3. The Bertz CT molecular complexity index is 1480. The van der Waals surface area contributed by atoms with Crippen LogP contribution in [0.2, 0.25) is 0 Å². The van der Waals surface area contributed by atoms with Crippen LogP contribution in [0.15, 0.2) is 69.6 Å². The zero-order valence-corrected chi connectivity index (χ0v) is 19.8. The van der Waals surface area contributed by atoms with Crippen molar-refractivity contribution in [3.8, 4) is 11.5 Å². The lowest BCUT2D eigenvalue weighted by molar-refractivity contribution is -0.136. The number of carbonyl (C=O) groups excluding carboxylic acids is 2. The molecule has 9 heteroatoms. The van der Waals surface area contributed by atoms with Gasteiger partial charge in [-0.15, -0.1) is 0 Å². The van der Waals surface area contributed by atoms with Crippen LogP contribution in [0.4, 0.5) is 0 Å². The number of methoxy groups -OCH3 is 2. The number of benzene rings is 2. The molecule has 1 aliphatic heterocycles. The van der Waals surface area contributed by atoms with Gasteiger partial charge in [0.2, 0.25) is 0 Å². The first-order chi connectivity index (χ1) is 16.3. The minimum absolute atomic E-state index is 0.284. The van der Waals surface area contributed by atoms with Crippen LogP contribution in [0.25, 0.3) is 6.08 Å². The summed E-state index contributed by atoms with van der Waals surface area (Å²) >= 11 is 1.19. The molecule has 0 spiro atoms. The molecule has 0 aliphatic carbocycles. The monoisotopic (exact) mass is 478 g/mol. The van der Waals surface area contributed by atoms with Gasteiger partial charge in [0.15, 0.2) is 4.80 Å². The Kier molecular flexibility index (Phi) is 6.47. The van der Waals surface area contributed by atoms with Crippen molar-refractivity contribution >= 4 is 29.4 Å². The summed E-state index contributed by atoms with van der Waals surface area (Å²) < 4.78 is 17.4. The number of esters is 2. The van der Waals surface area contributed by atoms with Gasteiger partial charge in [-0.05, 0) is 36.8 Å². The third-order valence-electron chi connectivity index (χ3n) is 5.32. The number of allylic oxidation sites excluding steroid dienone is 1. The Morgan fingerprint density at radius 1 is 1.09 bits per heavy atom. The molecule has 0 amide bonds. The Balaban J connectivity index is 1.94. The van der Waals surface area contributed by atoms with E-state index in [0.717, 1.165) is 0 Å². The highest BCUT2D eigenvalue weighted by molar-refractivity contribution is 7.07. The fourth-order valence-corrected chi connectivity index (χ4v) is 4.82. The van der Waals surface area contributed by atoms with Gasteiger partial charge in [-0.25, -0.2) is 9.79 Å². The molecule has 34 heavy (non-hydrogen) atoms. The number of fused-ring (bicyclic) bond motifs is 1. The van der Waals surface area contributed by atoms with Gasteiger partial charge in [-0.2, -0.15) is 0 Å². The first-order valence-corrected chi connectivity index (χ1v) is 11.2. The SMILES string of the molecule is COC(=O)C1=C(C)N=c2s/c(=C/c3ccccc3OC(C)=O)c(=O)n2[C@H]1c1ccc(OC)cc1. The van der Waals surface area contributed by atoms with Crippen molar-refractivity contribution in [3.05, 3.63) is 90.6 Å². The highest BCUT2D eigenvalue weighted by atomic mass is 32.1. The van der Waals surface area contributed by atoms with E-state index in [1.54, 1.807) is 68.6 Å². The molecule has 0 bridgehead atoms. The average Bonchev–Trinajstić information content (AvgIpc) is 3.13. The van der Waals surface area contributed by atoms with E-state index >= 15 is 0 Å². The minimum atomic E-state index is -0.722. The van der Waals surface area contributed by atoms with Crippen molar-refractivity contribution in [2.75, 3.05) is 14.2 Å². The van der Waals surface area contributed by atoms with Gasteiger partial charge < -0.3 is 14.2 Å². The van der Waals surface area contributed by atoms with Crippen LogP contribution in [0.1, 0.15) is 31.0 Å². The van der Waals surface area contributed by atoms with Crippen LogP contribution >= 0.6 is 11.3 Å². The quantitative estimate of drug-likeness (QED) is 0.413. The summed E-state index contributed by atoms with van der Waals surface area (Å²) in [6.45, 7) is 3.03. The van der Waals surface area contributed by atoms with Crippen LogP contribution in [-0.2, 0) is 14.3 Å². The first kappa shape index (κ1) is 23.2. The molecule has 2 aromatic carbocycles. The van der Waals surface area contributed by atoms with Crippen LogP contribution in [-0.4, -0.2) is 30.7 Å². The lowest BCUT2D eigenvalue weighted by Gasteiger charge is -2.24. The molecule has 0 unspecified atom stereocenters. The standard InChI is InChI=1S/C25H22N2O6S/c1-14-21(24(30)32-4)22(16-9-11-18(31-3)12-10-16)27-23(29)20(34-25(27)26-14)13-17-7-5-6-8-19(17)33-15(2)28/h5-13,22H,1-4H3/b20-13+/t22-/m0/s1. The zero-order valence-electron chi connectivity index (χ0n) is 19.0. The van der Waals surface area contributed by atoms with Crippen molar-refractivity contribution in [1.29, 1.82) is 0 Å². The summed E-state index contributed by atoms with van der Waals surface area (Å²) in [5.41, 5.74) is 1.72. The number of carbonyl (C=O) groups is 2. The lowest BCUT2D eigenvalue weighted by Crippen LogP contribution is -2.39. The largest absolute Gasteiger partial charge is 0.497 e. The molecule has 4 rings (SSSR count). The molecular weight excluding hydrogens is 456 g/mol. The van der Waals surface area contributed by atoms with Gasteiger partial charge >= 0.3 is 11.9 Å². The van der Waals surface area contributed by atoms with Crippen molar-refractivity contribution in [1.82, 2.24) is 4.57 Å².